The number of nitrogens with zero attached hydrogens (tertiary/aromatic N) is 5. The molecule has 0 amide bonds. The van der Waals surface area contributed by atoms with Crippen LogP contribution in [0.3, 0.4) is 0 Å². The van der Waals surface area contributed by atoms with Gasteiger partial charge < -0.3 is 9.13 Å². The molecule has 0 unspecified atom stereocenters. The van der Waals surface area contributed by atoms with E-state index in [4.69, 9.17) is 26.6 Å². The van der Waals surface area contributed by atoms with Gasteiger partial charge in [-0.3, -0.25) is 0 Å². The number of rotatable bonds is 5. The van der Waals surface area contributed by atoms with Crippen molar-refractivity contribution in [1.29, 1.82) is 0 Å². The van der Waals surface area contributed by atoms with Gasteiger partial charge >= 0.3 is 0 Å². The second kappa shape index (κ2) is 11.8. The molecule has 3 aromatic heterocycles. The summed E-state index contributed by atoms with van der Waals surface area (Å²) in [5.74, 6) is 1.79. The molecular weight excluding hydrogens is 646 g/mol. The minimum Gasteiger partial charge on any atom is -0.309 e. The Hall–Kier alpha value is -6.56. The molecule has 10 rings (SSSR count). The largest absolute Gasteiger partial charge is 0.309 e. The zero-order valence-corrected chi connectivity index (χ0v) is 28.0. The summed E-state index contributed by atoms with van der Waals surface area (Å²) in [6.07, 6.45) is 0. The van der Waals surface area contributed by atoms with Gasteiger partial charge in [0.15, 0.2) is 17.5 Å². The van der Waals surface area contributed by atoms with Crippen molar-refractivity contribution in [2.24, 2.45) is 0 Å². The Morgan fingerprint density at radius 2 is 0.804 bits per heavy atom. The molecule has 7 aromatic carbocycles. The number of hydrogen-bond donors (Lipinski definition) is 0. The van der Waals surface area contributed by atoms with Crippen LogP contribution in [0.5, 0.6) is 0 Å². The Bertz CT molecular complexity index is 2820. The molecule has 0 radical (unpaired) electrons. The van der Waals surface area contributed by atoms with E-state index in [1.54, 1.807) is 0 Å². The molecule has 0 spiro atoms. The summed E-state index contributed by atoms with van der Waals surface area (Å²) in [5.41, 5.74) is 9.19. The molecule has 0 bridgehead atoms. The Kier molecular flexibility index (Phi) is 6.79. The predicted octanol–water partition coefficient (Wildman–Crippen LogP) is 11.7. The average molecular weight is 674 g/mol. The molecular formula is C45H28ClN5. The highest BCUT2D eigenvalue weighted by molar-refractivity contribution is 6.33. The second-order valence-electron chi connectivity index (χ2n) is 12.6. The lowest BCUT2D eigenvalue weighted by atomic mass is 10.1. The number of halogens is 1. The first kappa shape index (κ1) is 29.4. The van der Waals surface area contributed by atoms with E-state index in [-0.39, 0.29) is 0 Å². The number of aromatic nitrogens is 5. The maximum Gasteiger partial charge on any atom is 0.164 e. The third kappa shape index (κ3) is 4.82. The van der Waals surface area contributed by atoms with Gasteiger partial charge in [-0.15, -0.1) is 0 Å². The molecule has 0 aliphatic heterocycles. The molecule has 0 saturated heterocycles. The summed E-state index contributed by atoms with van der Waals surface area (Å²) in [6.45, 7) is 0. The first-order valence-electron chi connectivity index (χ1n) is 16.9. The van der Waals surface area contributed by atoms with Crippen LogP contribution in [0.25, 0.3) is 89.2 Å². The van der Waals surface area contributed by atoms with Gasteiger partial charge in [-0.25, -0.2) is 15.0 Å². The van der Waals surface area contributed by atoms with Crippen LogP contribution in [-0.2, 0) is 0 Å². The maximum atomic E-state index is 7.23. The number of fused-ring (bicyclic) bond motifs is 6. The first-order valence-corrected chi connectivity index (χ1v) is 17.3. The quantitative estimate of drug-likeness (QED) is 0.183. The van der Waals surface area contributed by atoms with Crippen LogP contribution < -0.4 is 0 Å². The van der Waals surface area contributed by atoms with Crippen molar-refractivity contribution in [2.45, 2.75) is 0 Å². The van der Waals surface area contributed by atoms with Gasteiger partial charge in [0.25, 0.3) is 0 Å². The fraction of sp³-hybridized carbons (Fsp3) is 0. The van der Waals surface area contributed by atoms with Gasteiger partial charge in [0.1, 0.15) is 0 Å². The molecule has 3 heterocycles. The lowest BCUT2D eigenvalue weighted by Crippen LogP contribution is -2.01. The zero-order chi connectivity index (χ0) is 33.9. The van der Waals surface area contributed by atoms with Gasteiger partial charge in [0.2, 0.25) is 0 Å². The lowest BCUT2D eigenvalue weighted by Gasteiger charge is -2.13. The molecule has 51 heavy (non-hydrogen) atoms. The van der Waals surface area contributed by atoms with Crippen LogP contribution in [0, 0.1) is 0 Å². The molecule has 0 aliphatic rings. The number of benzene rings is 7. The normalized spacial score (nSPS) is 11.6. The lowest BCUT2D eigenvalue weighted by molar-refractivity contribution is 1.07. The highest BCUT2D eigenvalue weighted by Gasteiger charge is 2.19. The second-order valence-corrected chi connectivity index (χ2v) is 13.0. The third-order valence-electron chi connectivity index (χ3n) is 9.64. The van der Waals surface area contributed by atoms with Crippen molar-refractivity contribution in [1.82, 2.24) is 24.1 Å². The predicted molar refractivity (Wildman–Crippen MR) is 210 cm³/mol. The Morgan fingerprint density at radius 1 is 0.353 bits per heavy atom. The molecule has 0 saturated carbocycles. The number of hydrogen-bond acceptors (Lipinski definition) is 3. The molecule has 0 fully saturated rings. The van der Waals surface area contributed by atoms with Gasteiger partial charge in [-0.05, 0) is 54.6 Å². The van der Waals surface area contributed by atoms with Crippen LogP contribution in [0.15, 0.2) is 170 Å². The summed E-state index contributed by atoms with van der Waals surface area (Å²) in [5, 5.41) is 5.40. The van der Waals surface area contributed by atoms with E-state index in [1.165, 1.54) is 21.8 Å². The van der Waals surface area contributed by atoms with Gasteiger partial charge in [-0.1, -0.05) is 127 Å². The summed E-state index contributed by atoms with van der Waals surface area (Å²) in [4.78, 5) is 14.7. The van der Waals surface area contributed by atoms with Gasteiger partial charge in [-0.2, -0.15) is 0 Å². The van der Waals surface area contributed by atoms with Crippen molar-refractivity contribution >= 4 is 55.2 Å². The SMILES string of the molecule is Clc1cc(-c2nc(-c3ccccc3)nc(-c3ccccc3)n2)ccc1-n1c2ccccc2c2cc(-n3c4ccccc4c4ccccc43)ccc21. The summed E-state index contributed by atoms with van der Waals surface area (Å²) < 4.78 is 4.62. The average Bonchev–Trinajstić information content (AvgIpc) is 3.71. The van der Waals surface area contributed by atoms with Gasteiger partial charge in [0, 0.05) is 43.9 Å². The van der Waals surface area contributed by atoms with Crippen LogP contribution >= 0.6 is 11.6 Å². The van der Waals surface area contributed by atoms with Crippen LogP contribution in [0.1, 0.15) is 0 Å². The van der Waals surface area contributed by atoms with Crippen LogP contribution in [0.2, 0.25) is 5.02 Å². The van der Waals surface area contributed by atoms with Gasteiger partial charge in [0.05, 0.1) is 32.8 Å². The standard InChI is InChI=1S/C45H28ClN5/c46-37-27-31(45-48-43(29-13-3-1-4-14-29)47-44(49-45)30-15-5-2-6-16-30)23-25-42(37)51-40-22-12-9-19-35(40)36-28-32(24-26-41(36)51)50-38-20-10-7-17-33(38)34-18-8-11-21-39(34)50/h1-28H. The minimum atomic E-state index is 0.564. The first-order chi connectivity index (χ1) is 25.2. The van der Waals surface area contributed by atoms with E-state index < -0.39 is 0 Å². The molecule has 10 aromatic rings. The smallest absolute Gasteiger partial charge is 0.164 e. The van der Waals surface area contributed by atoms with E-state index in [1.807, 2.05) is 72.8 Å². The van der Waals surface area contributed by atoms with E-state index >= 15 is 0 Å². The highest BCUT2D eigenvalue weighted by Crippen LogP contribution is 2.39. The van der Waals surface area contributed by atoms with Crippen molar-refractivity contribution in [3.8, 4) is 45.5 Å². The fourth-order valence-corrected chi connectivity index (χ4v) is 7.59. The molecule has 5 nitrogen and oxygen atoms in total. The topological polar surface area (TPSA) is 48.5 Å². The van der Waals surface area contributed by atoms with Crippen molar-refractivity contribution < 1.29 is 0 Å². The maximum absolute atomic E-state index is 7.23. The molecule has 240 valence electrons. The highest BCUT2D eigenvalue weighted by atomic mass is 35.5. The summed E-state index contributed by atoms with van der Waals surface area (Å²) >= 11 is 7.23. The molecule has 0 N–H and O–H groups in total. The van der Waals surface area contributed by atoms with Crippen LogP contribution in [-0.4, -0.2) is 24.1 Å². The Morgan fingerprint density at radius 3 is 1.35 bits per heavy atom. The minimum absolute atomic E-state index is 0.564. The van der Waals surface area contributed by atoms with E-state index in [2.05, 4.69) is 106 Å². The monoisotopic (exact) mass is 673 g/mol. The fourth-order valence-electron chi connectivity index (χ4n) is 7.33. The summed E-state index contributed by atoms with van der Waals surface area (Å²) in [6, 6.07) is 58.5. The third-order valence-corrected chi connectivity index (χ3v) is 9.94. The Labute approximate surface area is 298 Å². The Balaban J connectivity index is 1.13. The van der Waals surface area contributed by atoms with Crippen molar-refractivity contribution in [3.05, 3.63) is 175 Å². The molecule has 6 heteroatoms. The van der Waals surface area contributed by atoms with E-state index in [0.717, 1.165) is 49.9 Å². The summed E-state index contributed by atoms with van der Waals surface area (Å²) in [7, 11) is 0. The van der Waals surface area contributed by atoms with E-state index in [9.17, 15) is 0 Å². The van der Waals surface area contributed by atoms with Crippen LogP contribution in [0.4, 0.5) is 0 Å². The molecule has 0 aliphatic carbocycles. The zero-order valence-electron chi connectivity index (χ0n) is 27.3. The molecule has 0 atom stereocenters. The van der Waals surface area contributed by atoms with Crippen molar-refractivity contribution in [2.75, 3.05) is 0 Å². The van der Waals surface area contributed by atoms with E-state index in [0.29, 0.717) is 22.5 Å². The van der Waals surface area contributed by atoms with Crippen molar-refractivity contribution in [3.63, 3.8) is 0 Å². The number of para-hydroxylation sites is 3.